The summed E-state index contributed by atoms with van der Waals surface area (Å²) in [6.07, 6.45) is 9.91. The maximum absolute atomic E-state index is 13.9. The molecule has 1 heterocycles. The van der Waals surface area contributed by atoms with Crippen molar-refractivity contribution in [2.24, 2.45) is 0 Å². The van der Waals surface area contributed by atoms with E-state index in [1.165, 1.54) is 44.9 Å². The van der Waals surface area contributed by atoms with E-state index in [9.17, 15) is 4.39 Å². The van der Waals surface area contributed by atoms with Crippen molar-refractivity contribution in [2.75, 3.05) is 18.4 Å². The third-order valence-electron chi connectivity index (χ3n) is 3.90. The molecule has 1 fully saturated rings. The fraction of sp³-hybridized carbons (Fsp3) is 0.733. The number of hydrogen-bond donors (Lipinski definition) is 2. The van der Waals surface area contributed by atoms with E-state index in [4.69, 9.17) is 0 Å². The van der Waals surface area contributed by atoms with Crippen LogP contribution < -0.4 is 10.6 Å². The SMILES string of the molecule is CCc1ncnc(NCCNC2CCCCCC2)c1F. The van der Waals surface area contributed by atoms with Crippen LogP contribution in [0.3, 0.4) is 0 Å². The average molecular weight is 280 g/mol. The van der Waals surface area contributed by atoms with Gasteiger partial charge in [0.2, 0.25) is 0 Å². The van der Waals surface area contributed by atoms with Crippen LogP contribution in [0, 0.1) is 5.82 Å². The summed E-state index contributed by atoms with van der Waals surface area (Å²) in [5, 5.41) is 6.61. The molecule has 2 N–H and O–H groups in total. The second kappa shape index (κ2) is 8.15. The third kappa shape index (κ3) is 4.40. The summed E-state index contributed by atoms with van der Waals surface area (Å²) in [7, 11) is 0. The average Bonchev–Trinajstić information content (AvgIpc) is 2.74. The van der Waals surface area contributed by atoms with E-state index < -0.39 is 0 Å². The molecule has 0 amide bonds. The minimum atomic E-state index is -0.315. The van der Waals surface area contributed by atoms with E-state index in [1.54, 1.807) is 0 Å². The number of nitrogens with one attached hydrogen (secondary N) is 2. The fourth-order valence-electron chi connectivity index (χ4n) is 2.72. The molecule has 1 aromatic heterocycles. The van der Waals surface area contributed by atoms with Crippen molar-refractivity contribution < 1.29 is 4.39 Å². The Morgan fingerprint density at radius 1 is 1.15 bits per heavy atom. The molecule has 1 aliphatic rings. The lowest BCUT2D eigenvalue weighted by molar-refractivity contribution is 0.468. The normalized spacial score (nSPS) is 16.9. The largest absolute Gasteiger partial charge is 0.366 e. The van der Waals surface area contributed by atoms with Gasteiger partial charge in [0.1, 0.15) is 6.33 Å². The van der Waals surface area contributed by atoms with E-state index in [-0.39, 0.29) is 5.82 Å². The Balaban J connectivity index is 1.73. The predicted molar refractivity (Wildman–Crippen MR) is 79.4 cm³/mol. The van der Waals surface area contributed by atoms with E-state index in [2.05, 4.69) is 20.6 Å². The van der Waals surface area contributed by atoms with Gasteiger partial charge in [-0.1, -0.05) is 32.6 Å². The van der Waals surface area contributed by atoms with Gasteiger partial charge in [0.15, 0.2) is 11.6 Å². The van der Waals surface area contributed by atoms with Gasteiger partial charge in [-0.2, -0.15) is 0 Å². The molecule has 2 rings (SSSR count). The van der Waals surface area contributed by atoms with Gasteiger partial charge in [-0.15, -0.1) is 0 Å². The first-order valence-corrected chi connectivity index (χ1v) is 7.78. The number of nitrogens with zero attached hydrogens (tertiary/aromatic N) is 2. The zero-order chi connectivity index (χ0) is 14.2. The molecule has 112 valence electrons. The van der Waals surface area contributed by atoms with E-state index in [0.29, 0.717) is 30.5 Å². The minimum Gasteiger partial charge on any atom is -0.366 e. The van der Waals surface area contributed by atoms with Crippen molar-refractivity contribution in [1.82, 2.24) is 15.3 Å². The van der Waals surface area contributed by atoms with Crippen LogP contribution >= 0.6 is 0 Å². The standard InChI is InChI=1S/C15H25FN4/c1-2-13-14(16)15(20-11-19-13)18-10-9-17-12-7-5-3-4-6-8-12/h11-12,17H,2-10H2,1H3,(H,18,19,20). The maximum Gasteiger partial charge on any atom is 0.186 e. The Kier molecular flexibility index (Phi) is 6.18. The number of anilines is 1. The van der Waals surface area contributed by atoms with Crippen molar-refractivity contribution in [3.63, 3.8) is 0 Å². The number of hydrogen-bond acceptors (Lipinski definition) is 4. The molecule has 1 saturated carbocycles. The quantitative estimate of drug-likeness (QED) is 0.621. The highest BCUT2D eigenvalue weighted by Gasteiger charge is 2.12. The molecule has 0 saturated heterocycles. The Labute approximate surface area is 120 Å². The van der Waals surface area contributed by atoms with Crippen molar-refractivity contribution in [1.29, 1.82) is 0 Å². The predicted octanol–water partition coefficient (Wildman–Crippen LogP) is 2.90. The lowest BCUT2D eigenvalue weighted by Crippen LogP contribution is -2.32. The van der Waals surface area contributed by atoms with Crippen LogP contribution in [-0.4, -0.2) is 29.1 Å². The first-order chi connectivity index (χ1) is 9.81. The van der Waals surface area contributed by atoms with Gasteiger partial charge >= 0.3 is 0 Å². The van der Waals surface area contributed by atoms with Gasteiger partial charge in [-0.3, -0.25) is 0 Å². The lowest BCUT2D eigenvalue weighted by atomic mass is 10.1. The van der Waals surface area contributed by atoms with E-state index in [1.807, 2.05) is 6.92 Å². The summed E-state index contributed by atoms with van der Waals surface area (Å²) in [5.74, 6) is 0.00369. The Morgan fingerprint density at radius 2 is 1.90 bits per heavy atom. The summed E-state index contributed by atoms with van der Waals surface area (Å²) in [4.78, 5) is 7.89. The van der Waals surface area contributed by atoms with Crippen molar-refractivity contribution in [3.8, 4) is 0 Å². The number of aryl methyl sites for hydroxylation is 1. The fourth-order valence-corrected chi connectivity index (χ4v) is 2.72. The van der Waals surface area contributed by atoms with Crippen LogP contribution in [0.15, 0.2) is 6.33 Å². The molecule has 0 atom stereocenters. The zero-order valence-corrected chi connectivity index (χ0v) is 12.3. The monoisotopic (exact) mass is 280 g/mol. The van der Waals surface area contributed by atoms with Crippen molar-refractivity contribution in [2.45, 2.75) is 57.9 Å². The molecular weight excluding hydrogens is 255 g/mol. The minimum absolute atomic E-state index is 0.315. The second-order valence-corrected chi connectivity index (χ2v) is 5.41. The maximum atomic E-state index is 13.9. The van der Waals surface area contributed by atoms with Gasteiger partial charge in [-0.05, 0) is 19.3 Å². The molecule has 0 unspecified atom stereocenters. The van der Waals surface area contributed by atoms with E-state index >= 15 is 0 Å². The van der Waals surface area contributed by atoms with E-state index in [0.717, 1.165) is 6.54 Å². The van der Waals surface area contributed by atoms with Gasteiger partial charge in [0, 0.05) is 19.1 Å². The van der Waals surface area contributed by atoms with Crippen LogP contribution in [0.2, 0.25) is 0 Å². The summed E-state index contributed by atoms with van der Waals surface area (Å²) >= 11 is 0. The summed E-state index contributed by atoms with van der Waals surface area (Å²) in [6.45, 7) is 3.42. The molecule has 4 nitrogen and oxygen atoms in total. The highest BCUT2D eigenvalue weighted by Crippen LogP contribution is 2.17. The summed E-state index contributed by atoms with van der Waals surface area (Å²) < 4.78 is 13.9. The van der Waals surface area contributed by atoms with Crippen LogP contribution in [0.5, 0.6) is 0 Å². The van der Waals surface area contributed by atoms with Crippen molar-refractivity contribution in [3.05, 3.63) is 17.8 Å². The highest BCUT2D eigenvalue weighted by molar-refractivity contribution is 5.37. The molecule has 0 radical (unpaired) electrons. The number of aromatic nitrogens is 2. The Hall–Kier alpha value is -1.23. The molecule has 0 bridgehead atoms. The summed E-state index contributed by atoms with van der Waals surface area (Å²) in [6, 6.07) is 0.626. The van der Waals surface area contributed by atoms with Gasteiger partial charge in [0.25, 0.3) is 0 Å². The van der Waals surface area contributed by atoms with Gasteiger partial charge in [0.05, 0.1) is 5.69 Å². The lowest BCUT2D eigenvalue weighted by Gasteiger charge is -2.16. The first-order valence-electron chi connectivity index (χ1n) is 7.78. The topological polar surface area (TPSA) is 49.8 Å². The molecule has 5 heteroatoms. The molecular formula is C15H25FN4. The number of rotatable bonds is 6. The van der Waals surface area contributed by atoms with Crippen LogP contribution in [-0.2, 0) is 6.42 Å². The zero-order valence-electron chi connectivity index (χ0n) is 12.3. The molecule has 1 aromatic rings. The molecule has 0 aromatic carbocycles. The Morgan fingerprint density at radius 3 is 2.60 bits per heavy atom. The highest BCUT2D eigenvalue weighted by atomic mass is 19.1. The van der Waals surface area contributed by atoms with Gasteiger partial charge in [-0.25, -0.2) is 14.4 Å². The molecule has 0 aliphatic heterocycles. The number of halogens is 1. The molecule has 0 spiro atoms. The van der Waals surface area contributed by atoms with Crippen LogP contribution in [0.4, 0.5) is 10.2 Å². The first kappa shape index (κ1) is 15.2. The second-order valence-electron chi connectivity index (χ2n) is 5.41. The molecule has 1 aliphatic carbocycles. The Bertz CT molecular complexity index is 403. The van der Waals surface area contributed by atoms with Crippen molar-refractivity contribution >= 4 is 5.82 Å². The van der Waals surface area contributed by atoms with Gasteiger partial charge < -0.3 is 10.6 Å². The summed E-state index contributed by atoms with van der Waals surface area (Å²) in [5.41, 5.74) is 0.472. The van der Waals surface area contributed by atoms with Crippen LogP contribution in [0.25, 0.3) is 0 Å². The van der Waals surface area contributed by atoms with Crippen LogP contribution in [0.1, 0.15) is 51.1 Å². The molecule has 20 heavy (non-hydrogen) atoms. The third-order valence-corrected chi connectivity index (χ3v) is 3.90. The smallest absolute Gasteiger partial charge is 0.186 e.